The molecule has 0 spiro atoms. The third-order valence-corrected chi connectivity index (χ3v) is 4.88. The molecule has 0 aliphatic carbocycles. The molecule has 2 N–H and O–H groups in total. The highest BCUT2D eigenvalue weighted by atomic mass is 35.5. The maximum absolute atomic E-state index is 12.4. The van der Waals surface area contributed by atoms with E-state index >= 15 is 0 Å². The number of benzene rings is 2. The van der Waals surface area contributed by atoms with Gasteiger partial charge in [0.2, 0.25) is 0 Å². The van der Waals surface area contributed by atoms with E-state index in [-0.39, 0.29) is 17.4 Å². The minimum Gasteiger partial charge on any atom is -0.481 e. The molecule has 3 rings (SSSR count). The maximum atomic E-state index is 12.4. The Balaban J connectivity index is 1.65. The molecular formula is C20H16ClNO4S. The number of hydrogen-bond acceptors (Lipinski definition) is 4. The lowest BCUT2D eigenvalue weighted by Gasteiger charge is -2.06. The molecule has 0 saturated heterocycles. The second-order valence-corrected chi connectivity index (χ2v) is 7.13. The van der Waals surface area contributed by atoms with Gasteiger partial charge in [0.25, 0.3) is 5.91 Å². The van der Waals surface area contributed by atoms with Crippen LogP contribution in [0.2, 0.25) is 5.02 Å². The number of carboxylic acid groups (broad SMARTS) is 1. The second-order valence-electron chi connectivity index (χ2n) is 5.71. The summed E-state index contributed by atoms with van der Waals surface area (Å²) in [5, 5.41) is 12.1. The molecule has 1 heterocycles. The summed E-state index contributed by atoms with van der Waals surface area (Å²) in [6, 6.07) is 17.8. The molecule has 3 aromatic rings. The number of anilines is 1. The third-order valence-electron chi connectivity index (χ3n) is 3.64. The van der Waals surface area contributed by atoms with Gasteiger partial charge in [-0.3, -0.25) is 9.59 Å². The molecule has 0 unspecified atom stereocenters. The number of carboxylic acids is 1. The number of furan rings is 1. The van der Waals surface area contributed by atoms with Crippen molar-refractivity contribution in [3.8, 4) is 11.3 Å². The van der Waals surface area contributed by atoms with Crippen LogP contribution in [-0.2, 0) is 10.5 Å². The van der Waals surface area contributed by atoms with E-state index in [2.05, 4.69) is 5.32 Å². The first-order chi connectivity index (χ1) is 13.0. The average Bonchev–Trinajstić information content (AvgIpc) is 3.13. The molecule has 1 aromatic heterocycles. The van der Waals surface area contributed by atoms with Crippen LogP contribution < -0.4 is 5.32 Å². The van der Waals surface area contributed by atoms with Gasteiger partial charge in [-0.15, -0.1) is 11.8 Å². The summed E-state index contributed by atoms with van der Waals surface area (Å²) in [6.45, 7) is 0. The summed E-state index contributed by atoms with van der Waals surface area (Å²) >= 11 is 7.18. The largest absolute Gasteiger partial charge is 0.481 e. The minimum atomic E-state index is -0.848. The lowest BCUT2D eigenvalue weighted by atomic mass is 10.2. The molecule has 138 valence electrons. The van der Waals surface area contributed by atoms with E-state index in [1.807, 2.05) is 30.3 Å². The van der Waals surface area contributed by atoms with Crippen LogP contribution in [0, 0.1) is 0 Å². The van der Waals surface area contributed by atoms with Crippen molar-refractivity contribution in [1.82, 2.24) is 0 Å². The van der Waals surface area contributed by atoms with Crippen molar-refractivity contribution >= 4 is 40.9 Å². The zero-order valence-corrected chi connectivity index (χ0v) is 15.7. The van der Waals surface area contributed by atoms with E-state index in [4.69, 9.17) is 21.1 Å². The molecular weight excluding hydrogens is 386 g/mol. The first-order valence-corrected chi connectivity index (χ1v) is 9.60. The predicted molar refractivity (Wildman–Crippen MR) is 107 cm³/mol. The maximum Gasteiger partial charge on any atom is 0.313 e. The zero-order valence-electron chi connectivity index (χ0n) is 14.1. The summed E-state index contributed by atoms with van der Waals surface area (Å²) in [5.41, 5.74) is 2.38. The average molecular weight is 402 g/mol. The van der Waals surface area contributed by atoms with Crippen LogP contribution in [0.25, 0.3) is 11.3 Å². The van der Waals surface area contributed by atoms with E-state index < -0.39 is 5.97 Å². The fraction of sp³-hybridized carbons (Fsp3) is 0.100. The van der Waals surface area contributed by atoms with Crippen LogP contribution in [0.4, 0.5) is 5.69 Å². The van der Waals surface area contributed by atoms with Crippen LogP contribution in [0.15, 0.2) is 65.1 Å². The van der Waals surface area contributed by atoms with Crippen molar-refractivity contribution in [3.05, 3.63) is 77.0 Å². The molecule has 7 heteroatoms. The fourth-order valence-electron chi connectivity index (χ4n) is 2.42. The lowest BCUT2D eigenvalue weighted by molar-refractivity contribution is -0.133. The number of hydrogen-bond donors (Lipinski definition) is 2. The number of halogens is 1. The van der Waals surface area contributed by atoms with Crippen molar-refractivity contribution < 1.29 is 19.1 Å². The summed E-state index contributed by atoms with van der Waals surface area (Å²) in [6.07, 6.45) is 0. The van der Waals surface area contributed by atoms with E-state index in [1.54, 1.807) is 30.3 Å². The molecule has 0 radical (unpaired) electrons. The smallest absolute Gasteiger partial charge is 0.313 e. The van der Waals surface area contributed by atoms with E-state index in [9.17, 15) is 9.59 Å². The van der Waals surface area contributed by atoms with Gasteiger partial charge >= 0.3 is 5.97 Å². The SMILES string of the molecule is O=C(O)CSCc1cccc(NC(=O)c2ccc(-c3ccc(Cl)cc3)o2)c1. The van der Waals surface area contributed by atoms with Gasteiger partial charge in [-0.25, -0.2) is 0 Å². The van der Waals surface area contributed by atoms with Crippen molar-refractivity contribution in [2.45, 2.75) is 5.75 Å². The second kappa shape index (κ2) is 8.79. The van der Waals surface area contributed by atoms with E-state index in [0.717, 1.165) is 11.1 Å². The minimum absolute atomic E-state index is 0.0382. The Kier molecular flexibility index (Phi) is 6.21. The summed E-state index contributed by atoms with van der Waals surface area (Å²) in [4.78, 5) is 23.0. The highest BCUT2D eigenvalue weighted by Crippen LogP contribution is 2.24. The van der Waals surface area contributed by atoms with Gasteiger partial charge in [0.05, 0.1) is 5.75 Å². The predicted octanol–water partition coefficient (Wildman–Crippen LogP) is 5.17. The lowest BCUT2D eigenvalue weighted by Crippen LogP contribution is -2.10. The van der Waals surface area contributed by atoms with Crippen LogP contribution in [0.1, 0.15) is 16.1 Å². The molecule has 0 fully saturated rings. The quantitative estimate of drug-likeness (QED) is 0.570. The van der Waals surface area contributed by atoms with Crippen LogP contribution in [-0.4, -0.2) is 22.7 Å². The van der Waals surface area contributed by atoms with Crippen LogP contribution in [0.5, 0.6) is 0 Å². The van der Waals surface area contributed by atoms with Crippen molar-refractivity contribution in [2.24, 2.45) is 0 Å². The van der Waals surface area contributed by atoms with Gasteiger partial charge in [0, 0.05) is 22.0 Å². The normalized spacial score (nSPS) is 10.6. The Bertz CT molecular complexity index is 953. The van der Waals surface area contributed by atoms with Crippen molar-refractivity contribution in [3.63, 3.8) is 0 Å². The Morgan fingerprint density at radius 3 is 2.59 bits per heavy atom. The Labute approximate surface area is 165 Å². The molecule has 1 amide bonds. The van der Waals surface area contributed by atoms with Gasteiger partial charge in [-0.1, -0.05) is 23.7 Å². The van der Waals surface area contributed by atoms with Gasteiger partial charge in [-0.2, -0.15) is 0 Å². The Morgan fingerprint density at radius 1 is 1.07 bits per heavy atom. The molecule has 0 aliphatic heterocycles. The Morgan fingerprint density at radius 2 is 1.85 bits per heavy atom. The first kappa shape index (κ1) is 19.1. The topological polar surface area (TPSA) is 79.5 Å². The fourth-order valence-corrected chi connectivity index (χ4v) is 3.23. The highest BCUT2D eigenvalue weighted by molar-refractivity contribution is 7.99. The molecule has 27 heavy (non-hydrogen) atoms. The first-order valence-electron chi connectivity index (χ1n) is 8.07. The van der Waals surface area contributed by atoms with E-state index in [1.165, 1.54) is 11.8 Å². The zero-order chi connectivity index (χ0) is 19.2. The summed E-state index contributed by atoms with van der Waals surface area (Å²) in [5.74, 6) is 0.166. The van der Waals surface area contributed by atoms with Gasteiger partial charge in [0.15, 0.2) is 5.76 Å². The monoisotopic (exact) mass is 401 g/mol. The molecule has 0 aliphatic rings. The third kappa shape index (κ3) is 5.39. The van der Waals surface area contributed by atoms with Crippen LogP contribution >= 0.6 is 23.4 Å². The molecule has 5 nitrogen and oxygen atoms in total. The highest BCUT2D eigenvalue weighted by Gasteiger charge is 2.13. The van der Waals surface area contributed by atoms with Crippen molar-refractivity contribution in [2.75, 3.05) is 11.1 Å². The number of aliphatic carboxylic acids is 1. The molecule has 0 saturated carbocycles. The Hall–Kier alpha value is -2.70. The number of amides is 1. The summed E-state index contributed by atoms with van der Waals surface area (Å²) in [7, 11) is 0. The van der Waals surface area contributed by atoms with E-state index in [0.29, 0.717) is 22.2 Å². The van der Waals surface area contributed by atoms with Gasteiger partial charge < -0.3 is 14.8 Å². The number of carbonyl (C=O) groups excluding carboxylic acids is 1. The van der Waals surface area contributed by atoms with Gasteiger partial charge in [0.1, 0.15) is 5.76 Å². The summed E-state index contributed by atoms with van der Waals surface area (Å²) < 4.78 is 5.64. The molecule has 0 atom stereocenters. The number of carbonyl (C=O) groups is 2. The molecule has 0 bridgehead atoms. The number of rotatable bonds is 7. The van der Waals surface area contributed by atoms with Gasteiger partial charge in [-0.05, 0) is 54.1 Å². The van der Waals surface area contributed by atoms with Crippen molar-refractivity contribution in [1.29, 1.82) is 0 Å². The van der Waals surface area contributed by atoms with Crippen LogP contribution in [0.3, 0.4) is 0 Å². The standard InChI is InChI=1S/C20H16ClNO4S/c21-15-6-4-14(5-7-15)17-8-9-18(26-17)20(25)22-16-3-1-2-13(10-16)11-27-12-19(23)24/h1-10H,11-12H2,(H,22,25)(H,23,24). The number of nitrogens with one attached hydrogen (secondary N) is 1. The molecule has 2 aromatic carbocycles. The number of thioether (sulfide) groups is 1.